The van der Waals surface area contributed by atoms with Gasteiger partial charge in [-0.05, 0) is 35.7 Å². The van der Waals surface area contributed by atoms with Gasteiger partial charge in [-0.25, -0.2) is 4.98 Å². The molecule has 1 fully saturated rings. The summed E-state index contributed by atoms with van der Waals surface area (Å²) >= 11 is 3.39. The van der Waals surface area contributed by atoms with Crippen LogP contribution in [0.15, 0.2) is 10.7 Å². The van der Waals surface area contributed by atoms with Gasteiger partial charge in [0.25, 0.3) is 0 Å². The zero-order chi connectivity index (χ0) is 13.7. The molecule has 1 aliphatic rings. The number of rotatable bonds is 7. The van der Waals surface area contributed by atoms with E-state index >= 15 is 0 Å². The molecule has 0 aliphatic heterocycles. The molecule has 0 atom stereocenters. The lowest BCUT2D eigenvalue weighted by Crippen LogP contribution is -2.30. The van der Waals surface area contributed by atoms with E-state index in [2.05, 4.69) is 41.8 Å². The minimum absolute atomic E-state index is 0.164. The summed E-state index contributed by atoms with van der Waals surface area (Å²) in [6.45, 7) is 4.01. The van der Waals surface area contributed by atoms with Crippen LogP contribution in [0.3, 0.4) is 0 Å². The van der Waals surface area contributed by atoms with E-state index in [9.17, 15) is 4.79 Å². The van der Waals surface area contributed by atoms with Crippen LogP contribution in [0.1, 0.15) is 19.8 Å². The molecular formula is C12H18BrN5O. The average Bonchev–Trinajstić information content (AvgIpc) is 3.22. The summed E-state index contributed by atoms with van der Waals surface area (Å²) in [5.41, 5.74) is 0. The van der Waals surface area contributed by atoms with Crippen molar-refractivity contribution in [3.05, 3.63) is 10.7 Å². The third-order valence-corrected chi connectivity index (χ3v) is 3.32. The highest BCUT2D eigenvalue weighted by Crippen LogP contribution is 2.28. The van der Waals surface area contributed by atoms with Gasteiger partial charge in [-0.15, -0.1) is 0 Å². The fraction of sp³-hybridized carbons (Fsp3) is 0.583. The first-order valence-corrected chi connectivity index (χ1v) is 7.28. The summed E-state index contributed by atoms with van der Waals surface area (Å²) in [7, 11) is 0. The number of carbonyl (C=O) groups is 1. The van der Waals surface area contributed by atoms with Gasteiger partial charge in [-0.3, -0.25) is 4.79 Å². The van der Waals surface area contributed by atoms with Crippen molar-refractivity contribution in [2.24, 2.45) is 5.92 Å². The van der Waals surface area contributed by atoms with Gasteiger partial charge in [-0.1, -0.05) is 0 Å². The Labute approximate surface area is 120 Å². The molecule has 6 nitrogen and oxygen atoms in total. The molecule has 1 saturated carbocycles. The maximum absolute atomic E-state index is 11.4. The molecule has 1 aliphatic carbocycles. The Bertz CT molecular complexity index is 450. The van der Waals surface area contributed by atoms with Gasteiger partial charge in [0.1, 0.15) is 5.82 Å². The molecule has 2 rings (SSSR count). The summed E-state index contributed by atoms with van der Waals surface area (Å²) in [5, 5.41) is 9.13. The van der Waals surface area contributed by atoms with Crippen molar-refractivity contribution in [3.63, 3.8) is 0 Å². The quantitative estimate of drug-likeness (QED) is 0.663. The van der Waals surface area contributed by atoms with E-state index in [0.717, 1.165) is 29.7 Å². The second-order valence-corrected chi connectivity index (χ2v) is 5.27. The van der Waals surface area contributed by atoms with E-state index in [1.165, 1.54) is 0 Å². The Morgan fingerprint density at radius 2 is 2.21 bits per heavy atom. The van der Waals surface area contributed by atoms with Crippen LogP contribution in [-0.4, -0.2) is 35.5 Å². The van der Waals surface area contributed by atoms with Crippen molar-refractivity contribution >= 4 is 33.6 Å². The molecule has 0 spiro atoms. The van der Waals surface area contributed by atoms with Crippen molar-refractivity contribution < 1.29 is 4.79 Å². The van der Waals surface area contributed by atoms with Gasteiger partial charge in [-0.2, -0.15) is 4.98 Å². The second kappa shape index (κ2) is 6.70. The molecule has 19 heavy (non-hydrogen) atoms. The smallest absolute Gasteiger partial charge is 0.224 e. The zero-order valence-electron chi connectivity index (χ0n) is 10.9. The Balaban J connectivity index is 1.77. The fourth-order valence-corrected chi connectivity index (χ4v) is 1.92. The molecule has 1 amide bonds. The molecule has 3 N–H and O–H groups in total. The normalized spacial score (nSPS) is 14.0. The van der Waals surface area contributed by atoms with Crippen LogP contribution < -0.4 is 16.0 Å². The summed E-state index contributed by atoms with van der Waals surface area (Å²) in [5.74, 6) is 1.74. The Morgan fingerprint density at radius 1 is 1.42 bits per heavy atom. The summed E-state index contributed by atoms with van der Waals surface area (Å²) in [6, 6.07) is 0. The van der Waals surface area contributed by atoms with Gasteiger partial charge >= 0.3 is 0 Å². The average molecular weight is 328 g/mol. The highest BCUT2D eigenvalue weighted by molar-refractivity contribution is 9.10. The molecule has 0 saturated heterocycles. The topological polar surface area (TPSA) is 78.9 Å². The fourth-order valence-electron chi connectivity index (χ4n) is 1.59. The molecule has 104 valence electrons. The van der Waals surface area contributed by atoms with Crippen LogP contribution in [-0.2, 0) is 4.79 Å². The van der Waals surface area contributed by atoms with Crippen LogP contribution in [0.4, 0.5) is 11.8 Å². The third kappa shape index (κ3) is 4.34. The lowest BCUT2D eigenvalue weighted by atomic mass is 10.4. The van der Waals surface area contributed by atoms with Gasteiger partial charge in [0.05, 0.1) is 4.47 Å². The van der Waals surface area contributed by atoms with E-state index in [1.54, 1.807) is 6.20 Å². The molecule has 7 heteroatoms. The van der Waals surface area contributed by atoms with E-state index < -0.39 is 0 Å². The minimum atomic E-state index is 0.164. The SMILES string of the molecule is CCNc1ncc(Br)c(NCCNC(=O)C2CC2)n1. The first-order valence-electron chi connectivity index (χ1n) is 6.48. The van der Waals surface area contributed by atoms with E-state index in [0.29, 0.717) is 19.0 Å². The summed E-state index contributed by atoms with van der Waals surface area (Å²) < 4.78 is 0.808. The van der Waals surface area contributed by atoms with Gasteiger partial charge < -0.3 is 16.0 Å². The Hall–Kier alpha value is -1.37. The second-order valence-electron chi connectivity index (χ2n) is 4.41. The monoisotopic (exact) mass is 327 g/mol. The number of nitrogens with zero attached hydrogens (tertiary/aromatic N) is 2. The molecule has 1 aromatic rings. The van der Waals surface area contributed by atoms with E-state index in [-0.39, 0.29) is 11.8 Å². The van der Waals surface area contributed by atoms with E-state index in [1.807, 2.05) is 6.92 Å². The maximum Gasteiger partial charge on any atom is 0.224 e. The van der Waals surface area contributed by atoms with Crippen molar-refractivity contribution in [1.29, 1.82) is 0 Å². The number of carbonyl (C=O) groups excluding carboxylic acids is 1. The molecule has 0 radical (unpaired) electrons. The number of nitrogens with one attached hydrogen (secondary N) is 3. The van der Waals surface area contributed by atoms with Crippen molar-refractivity contribution in [3.8, 4) is 0 Å². The van der Waals surface area contributed by atoms with Crippen molar-refractivity contribution in [1.82, 2.24) is 15.3 Å². The summed E-state index contributed by atoms with van der Waals surface area (Å²) in [4.78, 5) is 19.9. The lowest BCUT2D eigenvalue weighted by molar-refractivity contribution is -0.122. The number of aromatic nitrogens is 2. The number of amides is 1. The molecule has 0 bridgehead atoms. The van der Waals surface area contributed by atoms with Gasteiger partial charge in [0, 0.05) is 31.7 Å². The first-order chi connectivity index (χ1) is 9.20. The molecular weight excluding hydrogens is 310 g/mol. The zero-order valence-corrected chi connectivity index (χ0v) is 12.5. The molecule has 0 unspecified atom stereocenters. The predicted molar refractivity (Wildman–Crippen MR) is 78.1 cm³/mol. The molecule has 0 aromatic carbocycles. The molecule has 1 aromatic heterocycles. The minimum Gasteiger partial charge on any atom is -0.367 e. The summed E-state index contributed by atoms with van der Waals surface area (Å²) in [6.07, 6.45) is 3.77. The van der Waals surface area contributed by atoms with Crippen LogP contribution in [0.25, 0.3) is 0 Å². The highest BCUT2D eigenvalue weighted by Gasteiger charge is 2.28. The van der Waals surface area contributed by atoms with Crippen LogP contribution in [0.2, 0.25) is 0 Å². The van der Waals surface area contributed by atoms with Crippen LogP contribution >= 0.6 is 15.9 Å². The van der Waals surface area contributed by atoms with Crippen LogP contribution in [0, 0.1) is 5.92 Å². The van der Waals surface area contributed by atoms with Gasteiger partial charge in [0.15, 0.2) is 0 Å². The molecule has 1 heterocycles. The van der Waals surface area contributed by atoms with Gasteiger partial charge in [0.2, 0.25) is 11.9 Å². The number of halogens is 1. The number of hydrogen-bond donors (Lipinski definition) is 3. The highest BCUT2D eigenvalue weighted by atomic mass is 79.9. The van der Waals surface area contributed by atoms with E-state index in [4.69, 9.17) is 0 Å². The predicted octanol–water partition coefficient (Wildman–Crippen LogP) is 1.61. The first kappa shape index (κ1) is 14.0. The van der Waals surface area contributed by atoms with Crippen molar-refractivity contribution in [2.75, 3.05) is 30.3 Å². The van der Waals surface area contributed by atoms with Crippen molar-refractivity contribution in [2.45, 2.75) is 19.8 Å². The third-order valence-electron chi connectivity index (χ3n) is 2.74. The Morgan fingerprint density at radius 3 is 2.89 bits per heavy atom. The largest absolute Gasteiger partial charge is 0.367 e. The lowest BCUT2D eigenvalue weighted by Gasteiger charge is -2.10. The number of hydrogen-bond acceptors (Lipinski definition) is 5. The number of anilines is 2. The van der Waals surface area contributed by atoms with Crippen LogP contribution in [0.5, 0.6) is 0 Å². The Kier molecular flexibility index (Phi) is 4.95. The maximum atomic E-state index is 11.4. The standard InChI is InChI=1S/C12H18BrN5O/c1-2-14-12-17-7-9(13)10(18-12)15-5-6-16-11(19)8-3-4-8/h7-8H,2-6H2,1H3,(H,16,19)(H2,14,15,17,18).